The Balaban J connectivity index is 3.36. The zero-order chi connectivity index (χ0) is 12.3. The maximum atomic E-state index is 11.8. The molecule has 2 nitrogen and oxygen atoms in total. The summed E-state index contributed by atoms with van der Waals surface area (Å²) < 4.78 is 5.04. The minimum absolute atomic E-state index is 0.253. The van der Waals surface area contributed by atoms with Crippen LogP contribution in [-0.4, -0.2) is 17.9 Å². The Kier molecular flexibility index (Phi) is 4.19. The number of carbonyl (C=O) groups is 1. The monoisotopic (exact) mass is 236 g/mol. The van der Waals surface area contributed by atoms with Crippen molar-refractivity contribution in [2.75, 3.05) is 6.61 Å². The van der Waals surface area contributed by atoms with Gasteiger partial charge in [-0.1, -0.05) is 18.3 Å². The predicted molar refractivity (Wildman–Crippen MR) is 69.4 cm³/mol. The van der Waals surface area contributed by atoms with E-state index in [0.717, 1.165) is 22.3 Å². The summed E-state index contributed by atoms with van der Waals surface area (Å²) in [5.41, 5.74) is 4.58. The van der Waals surface area contributed by atoms with Crippen molar-refractivity contribution >= 4 is 23.6 Å². The van der Waals surface area contributed by atoms with Gasteiger partial charge < -0.3 is 4.74 Å². The third-order valence-electron chi connectivity index (χ3n) is 2.74. The molecule has 1 rings (SSSR count). The lowest BCUT2D eigenvalue weighted by atomic mass is 9.94. The van der Waals surface area contributed by atoms with Gasteiger partial charge in [-0.15, -0.1) is 0 Å². The normalized spacial score (nSPS) is 10.0. The molecule has 0 unspecified atom stereocenters. The second kappa shape index (κ2) is 5.21. The summed E-state index contributed by atoms with van der Waals surface area (Å²) in [6.45, 7) is 8.00. The fraction of sp³-hybridized carbons (Fsp3) is 0.385. The molecule has 0 aromatic heterocycles. The molecule has 0 spiro atoms. The Morgan fingerprint density at radius 2 is 2.00 bits per heavy atom. The van der Waals surface area contributed by atoms with Gasteiger partial charge in [-0.25, -0.2) is 4.79 Å². The molecule has 1 aromatic rings. The number of ether oxygens (including phenoxy) is 1. The number of aryl methyl sites for hydroxylation is 1. The lowest BCUT2D eigenvalue weighted by Gasteiger charge is -2.13. The third-order valence-corrected chi connectivity index (χ3v) is 3.00. The van der Waals surface area contributed by atoms with E-state index in [1.165, 1.54) is 0 Å². The van der Waals surface area contributed by atoms with Gasteiger partial charge in [0.25, 0.3) is 0 Å². The number of benzene rings is 1. The SMILES string of the molecule is CCOC(=O)c1c(C)cc(C=S)c(C)c1C. The lowest BCUT2D eigenvalue weighted by Crippen LogP contribution is -2.11. The number of hydrogen-bond donors (Lipinski definition) is 0. The molecule has 0 aliphatic rings. The topological polar surface area (TPSA) is 26.3 Å². The van der Waals surface area contributed by atoms with Crippen molar-refractivity contribution in [1.82, 2.24) is 0 Å². The van der Waals surface area contributed by atoms with Crippen molar-refractivity contribution in [1.29, 1.82) is 0 Å². The first-order chi connectivity index (χ1) is 7.52. The highest BCUT2D eigenvalue weighted by Gasteiger charge is 2.16. The molecule has 0 bridgehead atoms. The fourth-order valence-corrected chi connectivity index (χ4v) is 2.00. The number of carbonyl (C=O) groups excluding carboxylic acids is 1. The smallest absolute Gasteiger partial charge is 0.338 e. The van der Waals surface area contributed by atoms with Crippen LogP contribution in [0.4, 0.5) is 0 Å². The van der Waals surface area contributed by atoms with Crippen molar-refractivity contribution in [2.24, 2.45) is 0 Å². The summed E-state index contributed by atoms with van der Waals surface area (Å²) in [6, 6.07) is 1.93. The molecule has 0 saturated carbocycles. The molecule has 86 valence electrons. The van der Waals surface area contributed by atoms with Crippen LogP contribution in [0.1, 0.15) is 39.5 Å². The summed E-state index contributed by atoms with van der Waals surface area (Å²) in [7, 11) is 0. The molecule has 0 atom stereocenters. The maximum Gasteiger partial charge on any atom is 0.338 e. The third kappa shape index (κ3) is 2.30. The average molecular weight is 236 g/mol. The Labute approximate surface area is 102 Å². The lowest BCUT2D eigenvalue weighted by molar-refractivity contribution is 0.0524. The zero-order valence-corrected chi connectivity index (χ0v) is 10.9. The predicted octanol–water partition coefficient (Wildman–Crippen LogP) is 3.14. The van der Waals surface area contributed by atoms with Gasteiger partial charge >= 0.3 is 5.97 Å². The molecule has 0 aliphatic heterocycles. The molecule has 1 aromatic carbocycles. The quantitative estimate of drug-likeness (QED) is 0.596. The first kappa shape index (κ1) is 12.8. The zero-order valence-electron chi connectivity index (χ0n) is 10.1. The number of thiocarbonyl (C=S) groups is 1. The van der Waals surface area contributed by atoms with Crippen molar-refractivity contribution < 1.29 is 9.53 Å². The highest BCUT2D eigenvalue weighted by Crippen LogP contribution is 2.22. The second-order valence-electron chi connectivity index (χ2n) is 3.75. The molecular weight excluding hydrogens is 220 g/mol. The maximum absolute atomic E-state index is 11.8. The summed E-state index contributed by atoms with van der Waals surface area (Å²) in [5, 5.41) is 1.64. The molecule has 0 fully saturated rings. The minimum atomic E-state index is -0.253. The van der Waals surface area contributed by atoms with Gasteiger partial charge in [0, 0.05) is 5.37 Å². The molecule has 16 heavy (non-hydrogen) atoms. The van der Waals surface area contributed by atoms with Crippen LogP contribution < -0.4 is 0 Å². The molecule has 0 aliphatic carbocycles. The van der Waals surface area contributed by atoms with E-state index in [4.69, 9.17) is 17.0 Å². The van der Waals surface area contributed by atoms with Crippen molar-refractivity contribution in [3.05, 3.63) is 33.9 Å². The highest BCUT2D eigenvalue weighted by molar-refractivity contribution is 7.79. The molecule has 0 amide bonds. The van der Waals surface area contributed by atoms with E-state index in [-0.39, 0.29) is 5.97 Å². The highest BCUT2D eigenvalue weighted by atomic mass is 32.1. The summed E-state index contributed by atoms with van der Waals surface area (Å²) >= 11 is 4.94. The van der Waals surface area contributed by atoms with Crippen molar-refractivity contribution in [3.63, 3.8) is 0 Å². The van der Waals surface area contributed by atoms with Crippen LogP contribution in [0.3, 0.4) is 0 Å². The molecule has 3 heteroatoms. The summed E-state index contributed by atoms with van der Waals surface area (Å²) in [6.07, 6.45) is 0. The Morgan fingerprint density at radius 3 is 2.50 bits per heavy atom. The first-order valence-electron chi connectivity index (χ1n) is 5.26. The largest absolute Gasteiger partial charge is 0.462 e. The summed E-state index contributed by atoms with van der Waals surface area (Å²) in [5.74, 6) is -0.253. The van der Waals surface area contributed by atoms with E-state index in [1.807, 2.05) is 26.8 Å². The van der Waals surface area contributed by atoms with Crippen LogP contribution in [0.15, 0.2) is 6.07 Å². The van der Waals surface area contributed by atoms with Gasteiger partial charge in [-0.3, -0.25) is 0 Å². The number of esters is 1. The van der Waals surface area contributed by atoms with Gasteiger partial charge in [0.15, 0.2) is 0 Å². The van der Waals surface area contributed by atoms with Crippen LogP contribution in [0.25, 0.3) is 0 Å². The van der Waals surface area contributed by atoms with Crippen LogP contribution in [0.5, 0.6) is 0 Å². The number of hydrogen-bond acceptors (Lipinski definition) is 3. The van der Waals surface area contributed by atoms with Crippen molar-refractivity contribution in [3.8, 4) is 0 Å². The second-order valence-corrected chi connectivity index (χ2v) is 3.98. The molecule has 0 saturated heterocycles. The van der Waals surface area contributed by atoms with Gasteiger partial charge in [0.2, 0.25) is 0 Å². The Morgan fingerprint density at radius 1 is 1.38 bits per heavy atom. The van der Waals surface area contributed by atoms with E-state index in [9.17, 15) is 4.79 Å². The Bertz CT molecular complexity index is 436. The van der Waals surface area contributed by atoms with Crippen LogP contribution >= 0.6 is 12.2 Å². The van der Waals surface area contributed by atoms with Crippen LogP contribution in [0.2, 0.25) is 0 Å². The van der Waals surface area contributed by atoms with Gasteiger partial charge in [-0.05, 0) is 49.9 Å². The van der Waals surface area contributed by atoms with Gasteiger partial charge in [0.1, 0.15) is 0 Å². The molecular formula is C13H16O2S. The minimum Gasteiger partial charge on any atom is -0.462 e. The van der Waals surface area contributed by atoms with Crippen LogP contribution in [-0.2, 0) is 4.74 Å². The van der Waals surface area contributed by atoms with E-state index in [2.05, 4.69) is 0 Å². The molecule has 0 radical (unpaired) electrons. The van der Waals surface area contributed by atoms with E-state index in [1.54, 1.807) is 12.3 Å². The molecule has 0 heterocycles. The van der Waals surface area contributed by atoms with Crippen LogP contribution in [0, 0.1) is 20.8 Å². The van der Waals surface area contributed by atoms with E-state index < -0.39 is 0 Å². The van der Waals surface area contributed by atoms with E-state index >= 15 is 0 Å². The standard InChI is InChI=1S/C13H16O2S/c1-5-15-13(14)12-8(2)6-11(7-16)9(3)10(12)4/h6-7H,5H2,1-4H3. The Hall–Kier alpha value is -1.22. The van der Waals surface area contributed by atoms with Crippen molar-refractivity contribution in [2.45, 2.75) is 27.7 Å². The van der Waals surface area contributed by atoms with Gasteiger partial charge in [0.05, 0.1) is 12.2 Å². The molecule has 0 N–H and O–H groups in total. The summed E-state index contributed by atoms with van der Waals surface area (Å²) in [4.78, 5) is 11.8. The number of rotatable bonds is 3. The first-order valence-corrected chi connectivity index (χ1v) is 5.73. The van der Waals surface area contributed by atoms with E-state index in [0.29, 0.717) is 12.2 Å². The van der Waals surface area contributed by atoms with Gasteiger partial charge in [-0.2, -0.15) is 0 Å². The fourth-order valence-electron chi connectivity index (χ4n) is 1.75. The average Bonchev–Trinajstić information content (AvgIpc) is 2.24.